The van der Waals surface area contributed by atoms with Crippen molar-refractivity contribution in [1.29, 1.82) is 0 Å². The second kappa shape index (κ2) is 5.11. The van der Waals surface area contributed by atoms with Crippen LogP contribution in [0.3, 0.4) is 0 Å². The largest absolute Gasteiger partial charge is 0.550 e. The molecule has 3 rings (SSSR count). The van der Waals surface area contributed by atoms with Gasteiger partial charge in [-0.25, -0.2) is 0 Å². The van der Waals surface area contributed by atoms with Crippen molar-refractivity contribution in [2.24, 2.45) is 11.3 Å². The van der Waals surface area contributed by atoms with Crippen molar-refractivity contribution < 1.29 is 9.90 Å². The Morgan fingerprint density at radius 1 is 1.27 bits per heavy atom. The molecule has 0 heterocycles. The molecule has 0 bridgehead atoms. The lowest BCUT2D eigenvalue weighted by molar-refractivity contribution is -0.324. The van der Waals surface area contributed by atoms with Gasteiger partial charge in [-0.05, 0) is 59.6 Å². The van der Waals surface area contributed by atoms with Crippen LogP contribution in [0.5, 0.6) is 0 Å². The molecule has 1 aromatic rings. The van der Waals surface area contributed by atoms with Gasteiger partial charge >= 0.3 is 0 Å². The Kier molecular flexibility index (Phi) is 3.62. The number of hydrogen-bond donors (Lipinski definition) is 0. The van der Waals surface area contributed by atoms with E-state index in [2.05, 4.69) is 39.0 Å². The van der Waals surface area contributed by atoms with Crippen LogP contribution in [0.1, 0.15) is 76.0 Å². The Morgan fingerprint density at radius 2 is 2.00 bits per heavy atom. The number of rotatable bonds is 2. The van der Waals surface area contributed by atoms with Crippen molar-refractivity contribution in [1.82, 2.24) is 0 Å². The first-order chi connectivity index (χ1) is 10.3. The molecule has 3 atom stereocenters. The predicted octanol–water partition coefficient (Wildman–Crippen LogP) is 3.57. The van der Waals surface area contributed by atoms with Gasteiger partial charge in [-0.3, -0.25) is 0 Å². The average Bonchev–Trinajstić information content (AvgIpc) is 2.46. The van der Waals surface area contributed by atoms with E-state index in [-0.39, 0.29) is 11.3 Å². The molecule has 1 saturated carbocycles. The number of carboxylic acids is 1. The van der Waals surface area contributed by atoms with E-state index in [1.54, 1.807) is 0 Å². The fourth-order valence-corrected chi connectivity index (χ4v) is 5.11. The Balaban J connectivity index is 2.08. The molecule has 1 aromatic carbocycles. The highest BCUT2D eigenvalue weighted by atomic mass is 16.4. The molecular weight excluding hydrogens is 272 g/mol. The molecule has 1 fully saturated rings. The highest BCUT2D eigenvalue weighted by molar-refractivity contribution is 5.73. The van der Waals surface area contributed by atoms with Gasteiger partial charge < -0.3 is 9.90 Å². The maximum Gasteiger partial charge on any atom is 0.0476 e. The second-order valence-corrected chi connectivity index (χ2v) is 8.14. The topological polar surface area (TPSA) is 40.1 Å². The summed E-state index contributed by atoms with van der Waals surface area (Å²) in [4.78, 5) is 11.8. The van der Waals surface area contributed by atoms with Crippen molar-refractivity contribution in [2.45, 2.75) is 71.1 Å². The van der Waals surface area contributed by atoms with Gasteiger partial charge in [0, 0.05) is 11.4 Å². The van der Waals surface area contributed by atoms with E-state index >= 15 is 0 Å². The first-order valence-corrected chi connectivity index (χ1v) is 8.64. The number of carbonyl (C=O) groups is 1. The third-order valence-corrected chi connectivity index (χ3v) is 6.51. The van der Waals surface area contributed by atoms with E-state index in [4.69, 9.17) is 0 Å². The van der Waals surface area contributed by atoms with E-state index in [1.165, 1.54) is 16.7 Å². The summed E-state index contributed by atoms with van der Waals surface area (Å²) in [5.41, 5.74) is 3.52. The number of aryl methyl sites for hydroxylation is 1. The summed E-state index contributed by atoms with van der Waals surface area (Å²) in [6, 6.07) is 6.87. The number of aliphatic carboxylic acids is 1. The molecule has 0 aliphatic heterocycles. The summed E-state index contributed by atoms with van der Waals surface area (Å²) in [6.45, 7) is 8.65. The summed E-state index contributed by atoms with van der Waals surface area (Å²) in [7, 11) is 0. The second-order valence-electron chi connectivity index (χ2n) is 8.14. The molecule has 0 spiro atoms. The molecule has 0 amide bonds. The maximum absolute atomic E-state index is 11.8. The summed E-state index contributed by atoms with van der Waals surface area (Å²) in [6.07, 6.45) is 4.79. The lowest BCUT2D eigenvalue weighted by atomic mass is 9.50. The van der Waals surface area contributed by atoms with E-state index in [0.717, 1.165) is 32.1 Å². The van der Waals surface area contributed by atoms with Crippen molar-refractivity contribution in [3.05, 3.63) is 34.9 Å². The monoisotopic (exact) mass is 299 g/mol. The average molecular weight is 299 g/mol. The fraction of sp³-hybridized carbons (Fsp3) is 0.650. The third-order valence-electron chi connectivity index (χ3n) is 6.51. The number of carboxylic acid groups (broad SMARTS) is 1. The van der Waals surface area contributed by atoms with E-state index in [1.807, 2.05) is 6.92 Å². The lowest BCUT2D eigenvalue weighted by Gasteiger charge is -2.56. The van der Waals surface area contributed by atoms with Crippen LogP contribution < -0.4 is 5.11 Å². The van der Waals surface area contributed by atoms with Gasteiger partial charge in [0.2, 0.25) is 0 Å². The maximum atomic E-state index is 11.8. The van der Waals surface area contributed by atoms with Crippen molar-refractivity contribution in [3.8, 4) is 0 Å². The molecule has 3 unspecified atom stereocenters. The molecule has 2 aliphatic rings. The summed E-state index contributed by atoms with van der Waals surface area (Å²) >= 11 is 0. The molecular formula is C20H27O2-. The van der Waals surface area contributed by atoms with Crippen LogP contribution in [0.2, 0.25) is 0 Å². The van der Waals surface area contributed by atoms with Gasteiger partial charge in [0.05, 0.1) is 0 Å². The smallest absolute Gasteiger partial charge is 0.0476 e. The van der Waals surface area contributed by atoms with Gasteiger partial charge in [0.15, 0.2) is 0 Å². The van der Waals surface area contributed by atoms with Crippen LogP contribution >= 0.6 is 0 Å². The van der Waals surface area contributed by atoms with Crippen LogP contribution in [0.25, 0.3) is 0 Å². The zero-order valence-corrected chi connectivity index (χ0v) is 14.2. The Morgan fingerprint density at radius 3 is 2.64 bits per heavy atom. The minimum Gasteiger partial charge on any atom is -0.550 e. The van der Waals surface area contributed by atoms with Gasteiger partial charge in [0.25, 0.3) is 0 Å². The summed E-state index contributed by atoms with van der Waals surface area (Å²) in [5.74, 6) is -0.127. The minimum atomic E-state index is -0.856. The third kappa shape index (κ3) is 2.11. The van der Waals surface area contributed by atoms with Gasteiger partial charge in [-0.2, -0.15) is 0 Å². The predicted molar refractivity (Wildman–Crippen MR) is 86.7 cm³/mol. The summed E-state index contributed by atoms with van der Waals surface area (Å²) < 4.78 is 0. The molecule has 120 valence electrons. The SMILES string of the molecule is CC(C)c1ccc2c(c1)CCC1C(C)(C(=O)[O-])CCCC21C. The van der Waals surface area contributed by atoms with Crippen molar-refractivity contribution >= 4 is 5.97 Å². The fourth-order valence-electron chi connectivity index (χ4n) is 5.11. The Hall–Kier alpha value is -1.31. The van der Waals surface area contributed by atoms with E-state index in [9.17, 15) is 9.90 Å². The van der Waals surface area contributed by atoms with Gasteiger partial charge in [-0.15, -0.1) is 0 Å². The molecule has 2 nitrogen and oxygen atoms in total. The zero-order chi connectivity index (χ0) is 16.1. The Labute approximate surface area is 133 Å². The van der Waals surface area contributed by atoms with Crippen LogP contribution in [-0.4, -0.2) is 5.97 Å². The van der Waals surface area contributed by atoms with Crippen molar-refractivity contribution in [3.63, 3.8) is 0 Å². The molecule has 0 saturated heterocycles. The minimum absolute atomic E-state index is 0.0177. The van der Waals surface area contributed by atoms with Crippen LogP contribution in [-0.2, 0) is 16.6 Å². The van der Waals surface area contributed by atoms with Crippen LogP contribution in [0.15, 0.2) is 18.2 Å². The molecule has 22 heavy (non-hydrogen) atoms. The number of benzene rings is 1. The normalized spacial score (nSPS) is 34.1. The highest BCUT2D eigenvalue weighted by Crippen LogP contribution is 2.57. The molecule has 2 heteroatoms. The zero-order valence-electron chi connectivity index (χ0n) is 14.2. The van der Waals surface area contributed by atoms with Crippen molar-refractivity contribution in [2.75, 3.05) is 0 Å². The quantitative estimate of drug-likeness (QED) is 0.837. The number of fused-ring (bicyclic) bond motifs is 3. The van der Waals surface area contributed by atoms with Gasteiger partial charge in [-0.1, -0.05) is 52.3 Å². The number of carbonyl (C=O) groups excluding carboxylic acids is 1. The van der Waals surface area contributed by atoms with E-state index in [0.29, 0.717) is 5.92 Å². The van der Waals surface area contributed by atoms with Crippen LogP contribution in [0.4, 0.5) is 0 Å². The molecule has 0 N–H and O–H groups in total. The first-order valence-electron chi connectivity index (χ1n) is 8.64. The Bertz CT molecular complexity index is 604. The molecule has 2 aliphatic carbocycles. The number of hydrogen-bond acceptors (Lipinski definition) is 2. The summed E-state index contributed by atoms with van der Waals surface area (Å²) in [5, 5.41) is 11.8. The van der Waals surface area contributed by atoms with Crippen LogP contribution in [0, 0.1) is 11.3 Å². The van der Waals surface area contributed by atoms with E-state index < -0.39 is 11.4 Å². The first kappa shape index (κ1) is 15.6. The lowest BCUT2D eigenvalue weighted by Crippen LogP contribution is -2.56. The highest BCUT2D eigenvalue weighted by Gasteiger charge is 2.52. The molecule has 0 aromatic heterocycles. The standard InChI is InChI=1S/C20H28O2/c1-13(2)14-6-8-16-15(12-14)7-9-17-19(16,3)10-5-11-20(17,4)18(21)22/h6,8,12-13,17H,5,7,9-11H2,1-4H3,(H,21,22)/p-1. The van der Waals surface area contributed by atoms with Gasteiger partial charge in [0.1, 0.15) is 0 Å². The molecule has 0 radical (unpaired) electrons.